The predicted octanol–water partition coefficient (Wildman–Crippen LogP) is 1.94. The van der Waals surface area contributed by atoms with Crippen molar-refractivity contribution in [3.8, 4) is 0 Å². The number of halogens is 1. The standard InChI is InChI=1S/C9H9ClN2OS/c1-6(13)12(9(11)14)8-4-2-7(10)3-5-8/h2-5H,1H3,(H2,11,14). The Hall–Kier alpha value is -1.13. The second kappa shape index (κ2) is 4.39. The molecule has 0 bridgehead atoms. The lowest BCUT2D eigenvalue weighted by Crippen LogP contribution is -2.39. The number of carbonyl (C=O) groups is 1. The van der Waals surface area contributed by atoms with Gasteiger partial charge in [0.2, 0.25) is 5.91 Å². The molecule has 5 heteroatoms. The van der Waals surface area contributed by atoms with Crippen molar-refractivity contribution in [1.82, 2.24) is 0 Å². The highest BCUT2D eigenvalue weighted by molar-refractivity contribution is 7.80. The van der Waals surface area contributed by atoms with Crippen LogP contribution in [0, 0.1) is 0 Å². The SMILES string of the molecule is CC(=O)N(C(N)=S)c1ccc(Cl)cc1. The van der Waals surface area contributed by atoms with Crippen LogP contribution in [-0.2, 0) is 4.79 Å². The van der Waals surface area contributed by atoms with Crippen LogP contribution in [0.3, 0.4) is 0 Å². The van der Waals surface area contributed by atoms with Gasteiger partial charge in [0.1, 0.15) is 0 Å². The fourth-order valence-corrected chi connectivity index (χ4v) is 1.41. The maximum Gasteiger partial charge on any atom is 0.230 e. The monoisotopic (exact) mass is 228 g/mol. The lowest BCUT2D eigenvalue weighted by Gasteiger charge is -2.18. The zero-order valence-corrected chi connectivity index (χ0v) is 9.10. The molecule has 0 unspecified atom stereocenters. The molecule has 0 heterocycles. The maximum absolute atomic E-state index is 11.2. The van der Waals surface area contributed by atoms with Crippen molar-refractivity contribution in [1.29, 1.82) is 0 Å². The number of amides is 1. The van der Waals surface area contributed by atoms with Gasteiger partial charge in [0, 0.05) is 11.9 Å². The smallest absolute Gasteiger partial charge is 0.230 e. The van der Waals surface area contributed by atoms with Crippen LogP contribution in [0.4, 0.5) is 5.69 Å². The summed E-state index contributed by atoms with van der Waals surface area (Å²) in [4.78, 5) is 12.4. The first kappa shape index (κ1) is 10.9. The molecule has 0 aliphatic rings. The largest absolute Gasteiger partial charge is 0.376 e. The van der Waals surface area contributed by atoms with E-state index in [2.05, 4.69) is 0 Å². The summed E-state index contributed by atoms with van der Waals surface area (Å²) in [6.45, 7) is 1.40. The van der Waals surface area contributed by atoms with E-state index in [-0.39, 0.29) is 11.0 Å². The minimum atomic E-state index is -0.222. The normalized spacial score (nSPS) is 9.57. The first-order chi connectivity index (χ1) is 6.52. The molecule has 2 N–H and O–H groups in total. The Morgan fingerprint density at radius 2 is 1.93 bits per heavy atom. The van der Waals surface area contributed by atoms with Crippen LogP contribution in [0.15, 0.2) is 24.3 Å². The van der Waals surface area contributed by atoms with E-state index >= 15 is 0 Å². The van der Waals surface area contributed by atoms with Crippen molar-refractivity contribution in [2.75, 3.05) is 4.90 Å². The second-order valence-electron chi connectivity index (χ2n) is 2.67. The lowest BCUT2D eigenvalue weighted by atomic mass is 10.3. The molecule has 0 atom stereocenters. The minimum Gasteiger partial charge on any atom is -0.376 e. The van der Waals surface area contributed by atoms with E-state index in [9.17, 15) is 4.79 Å². The number of thiocarbonyl (C=S) groups is 1. The Kier molecular flexibility index (Phi) is 3.43. The van der Waals surface area contributed by atoms with Gasteiger partial charge in [0.15, 0.2) is 5.11 Å². The van der Waals surface area contributed by atoms with E-state index in [0.717, 1.165) is 0 Å². The van der Waals surface area contributed by atoms with Crippen LogP contribution in [0.5, 0.6) is 0 Å². The Labute approximate surface area is 92.4 Å². The molecule has 0 aromatic heterocycles. The van der Waals surface area contributed by atoms with Crippen molar-refractivity contribution < 1.29 is 4.79 Å². The zero-order valence-electron chi connectivity index (χ0n) is 7.53. The molecular weight excluding hydrogens is 220 g/mol. The number of nitrogens with two attached hydrogens (primary N) is 1. The van der Waals surface area contributed by atoms with Gasteiger partial charge in [0.25, 0.3) is 0 Å². The van der Waals surface area contributed by atoms with Crippen LogP contribution in [0.2, 0.25) is 5.02 Å². The van der Waals surface area contributed by atoms with Gasteiger partial charge < -0.3 is 5.73 Å². The van der Waals surface area contributed by atoms with Gasteiger partial charge in [-0.05, 0) is 36.5 Å². The van der Waals surface area contributed by atoms with E-state index in [1.54, 1.807) is 24.3 Å². The number of hydrogen-bond donors (Lipinski definition) is 1. The summed E-state index contributed by atoms with van der Waals surface area (Å²) in [5.74, 6) is -0.222. The highest BCUT2D eigenvalue weighted by atomic mass is 35.5. The first-order valence-electron chi connectivity index (χ1n) is 3.88. The van der Waals surface area contributed by atoms with Crippen LogP contribution in [0.1, 0.15) is 6.92 Å². The molecule has 1 aromatic carbocycles. The van der Waals surface area contributed by atoms with Crippen LogP contribution >= 0.6 is 23.8 Å². The van der Waals surface area contributed by atoms with Crippen LogP contribution in [0.25, 0.3) is 0 Å². The fraction of sp³-hybridized carbons (Fsp3) is 0.111. The van der Waals surface area contributed by atoms with Gasteiger partial charge in [-0.15, -0.1) is 0 Å². The number of nitrogens with zero attached hydrogens (tertiary/aromatic N) is 1. The Morgan fingerprint density at radius 1 is 1.43 bits per heavy atom. The van der Waals surface area contributed by atoms with Crippen molar-refractivity contribution in [3.63, 3.8) is 0 Å². The van der Waals surface area contributed by atoms with Crippen molar-refractivity contribution in [3.05, 3.63) is 29.3 Å². The van der Waals surface area contributed by atoms with Crippen molar-refractivity contribution >= 4 is 40.5 Å². The molecule has 0 spiro atoms. The van der Waals surface area contributed by atoms with Gasteiger partial charge in [-0.25, -0.2) is 0 Å². The molecule has 1 amide bonds. The third-order valence-electron chi connectivity index (χ3n) is 1.62. The second-order valence-corrected chi connectivity index (χ2v) is 3.52. The molecule has 0 saturated carbocycles. The molecule has 74 valence electrons. The van der Waals surface area contributed by atoms with Gasteiger partial charge in [-0.2, -0.15) is 0 Å². The van der Waals surface area contributed by atoms with Crippen molar-refractivity contribution in [2.24, 2.45) is 5.73 Å². The third kappa shape index (κ3) is 2.43. The first-order valence-corrected chi connectivity index (χ1v) is 4.66. The van der Waals surface area contributed by atoms with Gasteiger partial charge in [-0.1, -0.05) is 11.6 Å². The van der Waals surface area contributed by atoms with Gasteiger partial charge in [-0.3, -0.25) is 9.69 Å². The molecule has 14 heavy (non-hydrogen) atoms. The Morgan fingerprint density at radius 3 is 2.29 bits per heavy atom. The summed E-state index contributed by atoms with van der Waals surface area (Å²) in [6.07, 6.45) is 0. The summed E-state index contributed by atoms with van der Waals surface area (Å²) in [5, 5.41) is 0.625. The number of rotatable bonds is 1. The summed E-state index contributed by atoms with van der Waals surface area (Å²) >= 11 is 10.5. The lowest BCUT2D eigenvalue weighted by molar-refractivity contribution is -0.115. The quantitative estimate of drug-likeness (QED) is 0.748. The molecule has 0 fully saturated rings. The van der Waals surface area contributed by atoms with Crippen molar-refractivity contribution in [2.45, 2.75) is 6.92 Å². The average molecular weight is 229 g/mol. The Bertz CT molecular complexity index is 350. The van der Waals surface area contributed by atoms with Gasteiger partial charge >= 0.3 is 0 Å². The van der Waals surface area contributed by atoms with Crippen LogP contribution in [-0.4, -0.2) is 11.0 Å². The van der Waals surface area contributed by atoms with E-state index in [0.29, 0.717) is 10.7 Å². The number of carbonyl (C=O) groups excluding carboxylic acids is 1. The molecule has 1 rings (SSSR count). The fourth-order valence-electron chi connectivity index (χ4n) is 1.05. The molecule has 0 aliphatic heterocycles. The average Bonchev–Trinajstić information content (AvgIpc) is 2.07. The summed E-state index contributed by atoms with van der Waals surface area (Å²) < 4.78 is 0. The van der Waals surface area contributed by atoms with E-state index in [4.69, 9.17) is 29.6 Å². The molecule has 1 aromatic rings. The molecule has 0 radical (unpaired) electrons. The molecule has 0 aliphatic carbocycles. The maximum atomic E-state index is 11.2. The van der Waals surface area contributed by atoms with E-state index in [1.807, 2.05) is 0 Å². The molecule has 3 nitrogen and oxygen atoms in total. The Balaban J connectivity index is 3.06. The van der Waals surface area contributed by atoms with E-state index in [1.165, 1.54) is 11.8 Å². The highest BCUT2D eigenvalue weighted by Crippen LogP contribution is 2.17. The molecule has 0 saturated heterocycles. The van der Waals surface area contributed by atoms with Gasteiger partial charge in [0.05, 0.1) is 5.69 Å². The minimum absolute atomic E-state index is 0.0276. The number of hydrogen-bond acceptors (Lipinski definition) is 2. The van der Waals surface area contributed by atoms with E-state index < -0.39 is 0 Å². The van der Waals surface area contributed by atoms with Crippen LogP contribution < -0.4 is 10.6 Å². The summed E-state index contributed by atoms with van der Waals surface area (Å²) in [5.41, 5.74) is 6.03. The zero-order chi connectivity index (χ0) is 10.7. The third-order valence-corrected chi connectivity index (χ3v) is 2.05. The number of benzene rings is 1. The molecular formula is C9H9ClN2OS. The highest BCUT2D eigenvalue weighted by Gasteiger charge is 2.13. The summed E-state index contributed by atoms with van der Waals surface area (Å²) in [7, 11) is 0. The number of anilines is 1. The predicted molar refractivity (Wildman–Crippen MR) is 61.4 cm³/mol. The topological polar surface area (TPSA) is 46.3 Å². The summed E-state index contributed by atoms with van der Waals surface area (Å²) in [6, 6.07) is 6.71.